The van der Waals surface area contributed by atoms with Crippen LogP contribution in [0, 0.1) is 6.92 Å². The molecule has 0 unspecified atom stereocenters. The minimum atomic E-state index is 0.595. The van der Waals surface area contributed by atoms with E-state index in [4.69, 9.17) is 9.47 Å². The average molecular weight is 306 g/mol. The standard InChI is InChI=1S/C21H22O2/c1-3-19-16(2)8-7-11-21(19)23-14-18-12-13-22-15-20(18)17-9-5-4-6-10-17/h3-11H,1,12-15H2,2H3. The van der Waals surface area contributed by atoms with Gasteiger partial charge in [0.1, 0.15) is 12.4 Å². The molecule has 0 N–H and O–H groups in total. The fourth-order valence-corrected chi connectivity index (χ4v) is 2.91. The van der Waals surface area contributed by atoms with E-state index in [1.807, 2.05) is 24.3 Å². The third-order valence-electron chi connectivity index (χ3n) is 4.23. The Hall–Kier alpha value is -2.32. The molecule has 0 saturated heterocycles. The summed E-state index contributed by atoms with van der Waals surface area (Å²) in [6, 6.07) is 16.5. The highest BCUT2D eigenvalue weighted by Crippen LogP contribution is 2.28. The van der Waals surface area contributed by atoms with Gasteiger partial charge in [-0.25, -0.2) is 0 Å². The Morgan fingerprint density at radius 1 is 1.13 bits per heavy atom. The normalized spacial score (nSPS) is 14.7. The molecule has 3 rings (SSSR count). The molecule has 0 aliphatic carbocycles. The molecule has 0 spiro atoms. The maximum absolute atomic E-state index is 6.12. The minimum Gasteiger partial charge on any atom is -0.489 e. The summed E-state index contributed by atoms with van der Waals surface area (Å²) in [6.45, 7) is 7.99. The second-order valence-corrected chi connectivity index (χ2v) is 5.73. The summed E-state index contributed by atoms with van der Waals surface area (Å²) in [5.74, 6) is 0.895. The number of aryl methyl sites for hydroxylation is 1. The van der Waals surface area contributed by atoms with E-state index in [0.717, 1.165) is 24.3 Å². The third kappa shape index (κ3) is 3.54. The molecule has 0 radical (unpaired) electrons. The molecule has 2 heteroatoms. The zero-order valence-electron chi connectivity index (χ0n) is 13.5. The van der Waals surface area contributed by atoms with E-state index < -0.39 is 0 Å². The molecule has 2 nitrogen and oxygen atoms in total. The summed E-state index contributed by atoms with van der Waals surface area (Å²) in [5.41, 5.74) is 6.05. The van der Waals surface area contributed by atoms with Crippen LogP contribution in [-0.2, 0) is 4.74 Å². The molecular weight excluding hydrogens is 284 g/mol. The van der Waals surface area contributed by atoms with Crippen molar-refractivity contribution in [3.8, 4) is 5.75 Å². The molecule has 0 saturated carbocycles. The number of rotatable bonds is 5. The molecule has 118 valence electrons. The molecular formula is C21H22O2. The molecule has 1 heterocycles. The van der Waals surface area contributed by atoms with Gasteiger partial charge >= 0.3 is 0 Å². The van der Waals surface area contributed by atoms with Crippen LogP contribution in [0.4, 0.5) is 0 Å². The lowest BCUT2D eigenvalue weighted by molar-refractivity contribution is 0.156. The van der Waals surface area contributed by atoms with Gasteiger partial charge in [0.25, 0.3) is 0 Å². The third-order valence-corrected chi connectivity index (χ3v) is 4.23. The second-order valence-electron chi connectivity index (χ2n) is 5.73. The van der Waals surface area contributed by atoms with E-state index in [0.29, 0.717) is 13.2 Å². The van der Waals surface area contributed by atoms with Gasteiger partial charge in [0.2, 0.25) is 0 Å². The molecule has 0 atom stereocenters. The maximum atomic E-state index is 6.12. The molecule has 0 fully saturated rings. The van der Waals surface area contributed by atoms with E-state index >= 15 is 0 Å². The Morgan fingerprint density at radius 3 is 2.74 bits per heavy atom. The number of hydrogen-bond acceptors (Lipinski definition) is 2. The number of ether oxygens (including phenoxy) is 2. The van der Waals surface area contributed by atoms with Gasteiger partial charge in [0.05, 0.1) is 13.2 Å². The van der Waals surface area contributed by atoms with Crippen molar-refractivity contribution in [3.05, 3.63) is 77.4 Å². The van der Waals surface area contributed by atoms with Crippen molar-refractivity contribution in [1.82, 2.24) is 0 Å². The fourth-order valence-electron chi connectivity index (χ4n) is 2.91. The van der Waals surface area contributed by atoms with Gasteiger partial charge in [-0.05, 0) is 41.7 Å². The summed E-state index contributed by atoms with van der Waals surface area (Å²) in [7, 11) is 0. The molecule has 1 aliphatic rings. The summed E-state index contributed by atoms with van der Waals surface area (Å²) < 4.78 is 11.8. The Bertz CT molecular complexity index is 714. The largest absolute Gasteiger partial charge is 0.489 e. The van der Waals surface area contributed by atoms with Crippen molar-refractivity contribution in [1.29, 1.82) is 0 Å². The predicted molar refractivity (Wildman–Crippen MR) is 95.6 cm³/mol. The lowest BCUT2D eigenvalue weighted by Gasteiger charge is -2.22. The summed E-state index contributed by atoms with van der Waals surface area (Å²) in [5, 5.41) is 0. The highest BCUT2D eigenvalue weighted by molar-refractivity contribution is 5.70. The molecule has 2 aromatic rings. The summed E-state index contributed by atoms with van der Waals surface area (Å²) in [6.07, 6.45) is 2.78. The highest BCUT2D eigenvalue weighted by atomic mass is 16.5. The van der Waals surface area contributed by atoms with Crippen LogP contribution in [0.2, 0.25) is 0 Å². The van der Waals surface area contributed by atoms with Crippen LogP contribution in [0.25, 0.3) is 11.6 Å². The molecule has 0 aromatic heterocycles. The van der Waals surface area contributed by atoms with Gasteiger partial charge < -0.3 is 9.47 Å². The molecule has 1 aliphatic heterocycles. The SMILES string of the molecule is C=Cc1c(C)cccc1OCC1=C(c2ccccc2)COCC1. The molecule has 0 bridgehead atoms. The first-order chi connectivity index (χ1) is 11.3. The minimum absolute atomic E-state index is 0.595. The van der Waals surface area contributed by atoms with Gasteiger partial charge in [-0.15, -0.1) is 0 Å². The lowest BCUT2D eigenvalue weighted by atomic mass is 9.97. The van der Waals surface area contributed by atoms with Crippen molar-refractivity contribution >= 4 is 11.6 Å². The van der Waals surface area contributed by atoms with Gasteiger partial charge in [-0.3, -0.25) is 0 Å². The summed E-state index contributed by atoms with van der Waals surface area (Å²) in [4.78, 5) is 0. The van der Waals surface area contributed by atoms with Crippen LogP contribution in [0.3, 0.4) is 0 Å². The van der Waals surface area contributed by atoms with E-state index in [1.54, 1.807) is 0 Å². The Labute approximate surface area is 138 Å². The first-order valence-corrected chi connectivity index (χ1v) is 7.98. The second kappa shape index (κ2) is 7.30. The Balaban J connectivity index is 1.84. The van der Waals surface area contributed by atoms with Gasteiger partial charge in [-0.1, -0.05) is 55.1 Å². The van der Waals surface area contributed by atoms with Crippen LogP contribution in [-0.4, -0.2) is 19.8 Å². The monoisotopic (exact) mass is 306 g/mol. The van der Waals surface area contributed by atoms with Crippen molar-refractivity contribution in [3.63, 3.8) is 0 Å². The Kier molecular flexibility index (Phi) is 4.94. The van der Waals surface area contributed by atoms with Gasteiger partial charge in [-0.2, -0.15) is 0 Å². The van der Waals surface area contributed by atoms with Gasteiger partial charge in [0, 0.05) is 5.56 Å². The fraction of sp³-hybridized carbons (Fsp3) is 0.238. The van der Waals surface area contributed by atoms with Crippen molar-refractivity contribution in [2.75, 3.05) is 19.8 Å². The topological polar surface area (TPSA) is 18.5 Å². The highest BCUT2D eigenvalue weighted by Gasteiger charge is 2.16. The van der Waals surface area contributed by atoms with Crippen LogP contribution in [0.15, 0.2) is 60.7 Å². The molecule has 23 heavy (non-hydrogen) atoms. The van der Waals surface area contributed by atoms with Crippen molar-refractivity contribution in [2.45, 2.75) is 13.3 Å². The van der Waals surface area contributed by atoms with Crippen LogP contribution in [0.5, 0.6) is 5.75 Å². The number of benzene rings is 2. The van der Waals surface area contributed by atoms with Crippen LogP contribution in [0.1, 0.15) is 23.1 Å². The zero-order valence-corrected chi connectivity index (χ0v) is 13.5. The average Bonchev–Trinajstić information content (AvgIpc) is 2.61. The lowest BCUT2D eigenvalue weighted by Crippen LogP contribution is -2.15. The summed E-state index contributed by atoms with van der Waals surface area (Å²) >= 11 is 0. The first kappa shape index (κ1) is 15.6. The van der Waals surface area contributed by atoms with Crippen LogP contribution >= 0.6 is 0 Å². The van der Waals surface area contributed by atoms with E-state index in [2.05, 4.69) is 43.8 Å². The maximum Gasteiger partial charge on any atom is 0.127 e. The quantitative estimate of drug-likeness (QED) is 0.783. The van der Waals surface area contributed by atoms with Gasteiger partial charge in [0.15, 0.2) is 0 Å². The Morgan fingerprint density at radius 2 is 1.96 bits per heavy atom. The van der Waals surface area contributed by atoms with Crippen LogP contribution < -0.4 is 4.74 Å². The molecule has 0 amide bonds. The number of hydrogen-bond donors (Lipinski definition) is 0. The first-order valence-electron chi connectivity index (χ1n) is 7.98. The van der Waals surface area contributed by atoms with E-state index in [9.17, 15) is 0 Å². The van der Waals surface area contributed by atoms with E-state index in [-0.39, 0.29) is 0 Å². The van der Waals surface area contributed by atoms with Crippen molar-refractivity contribution < 1.29 is 9.47 Å². The predicted octanol–water partition coefficient (Wildman–Crippen LogP) is 4.89. The van der Waals surface area contributed by atoms with E-state index in [1.165, 1.54) is 22.3 Å². The van der Waals surface area contributed by atoms with Crippen molar-refractivity contribution in [2.24, 2.45) is 0 Å². The zero-order chi connectivity index (χ0) is 16.1. The smallest absolute Gasteiger partial charge is 0.127 e. The molecule has 2 aromatic carbocycles.